The van der Waals surface area contributed by atoms with Crippen molar-refractivity contribution in [2.45, 2.75) is 19.9 Å². The zero-order valence-electron chi connectivity index (χ0n) is 16.3. The smallest absolute Gasteiger partial charge is 0.123 e. The number of hydrogen-bond donors (Lipinski definition) is 1. The van der Waals surface area contributed by atoms with Gasteiger partial charge in [-0.05, 0) is 74.0 Å². The van der Waals surface area contributed by atoms with Gasteiger partial charge < -0.3 is 5.32 Å². The number of halogens is 1. The summed E-state index contributed by atoms with van der Waals surface area (Å²) in [6, 6.07) is 18.8. The van der Waals surface area contributed by atoms with Gasteiger partial charge >= 0.3 is 0 Å². The Bertz CT molecular complexity index is 1050. The summed E-state index contributed by atoms with van der Waals surface area (Å²) in [5.41, 5.74) is 6.30. The molecule has 0 fully saturated rings. The van der Waals surface area contributed by atoms with E-state index in [9.17, 15) is 4.39 Å². The van der Waals surface area contributed by atoms with Gasteiger partial charge in [0.05, 0.1) is 11.4 Å². The minimum absolute atomic E-state index is 0.247. The molecule has 0 amide bonds. The highest BCUT2D eigenvalue weighted by Crippen LogP contribution is 2.24. The summed E-state index contributed by atoms with van der Waals surface area (Å²) in [5.74, 6) is -0.247. The zero-order chi connectivity index (χ0) is 20.1. The topological polar surface area (TPSA) is 42.7 Å². The molecule has 0 saturated carbocycles. The summed E-state index contributed by atoms with van der Waals surface area (Å²) >= 11 is 0. The molecule has 4 rings (SSSR count). The maximum atomic E-state index is 13.4. The first kappa shape index (κ1) is 19.0. The number of hydrogen-bond acceptors (Lipinski definition) is 3. The molecule has 0 unspecified atom stereocenters. The van der Waals surface area contributed by atoms with E-state index in [0.29, 0.717) is 6.54 Å². The highest BCUT2D eigenvalue weighted by atomic mass is 19.1. The molecule has 0 aliphatic carbocycles. The van der Waals surface area contributed by atoms with Crippen LogP contribution in [-0.4, -0.2) is 21.3 Å². The Morgan fingerprint density at radius 2 is 1.66 bits per heavy atom. The Morgan fingerprint density at radius 1 is 0.931 bits per heavy atom. The molecule has 2 aromatic carbocycles. The fourth-order valence-corrected chi connectivity index (χ4v) is 3.22. The average Bonchev–Trinajstić information content (AvgIpc) is 3.17. The number of pyridine rings is 1. The number of aromatic nitrogens is 3. The van der Waals surface area contributed by atoms with Gasteiger partial charge in [-0.25, -0.2) is 9.07 Å². The van der Waals surface area contributed by atoms with Crippen molar-refractivity contribution < 1.29 is 4.39 Å². The second-order valence-electron chi connectivity index (χ2n) is 7.07. The van der Waals surface area contributed by atoms with Crippen LogP contribution < -0.4 is 5.32 Å². The molecular formula is C24H23FN4. The summed E-state index contributed by atoms with van der Waals surface area (Å²) in [6.45, 7) is 3.60. The molecule has 0 aliphatic rings. The predicted molar refractivity (Wildman–Crippen MR) is 113 cm³/mol. The van der Waals surface area contributed by atoms with Crippen LogP contribution in [0, 0.1) is 12.7 Å². The van der Waals surface area contributed by atoms with Gasteiger partial charge in [-0.3, -0.25) is 4.98 Å². The van der Waals surface area contributed by atoms with Gasteiger partial charge in [0.1, 0.15) is 5.82 Å². The van der Waals surface area contributed by atoms with Gasteiger partial charge in [0.15, 0.2) is 0 Å². The number of nitrogens with zero attached hydrogens (tertiary/aromatic N) is 3. The number of rotatable bonds is 7. The highest BCUT2D eigenvalue weighted by Gasteiger charge is 2.12. The van der Waals surface area contributed by atoms with Crippen molar-refractivity contribution in [3.63, 3.8) is 0 Å². The Balaban J connectivity index is 1.55. The van der Waals surface area contributed by atoms with Crippen molar-refractivity contribution in [2.75, 3.05) is 6.54 Å². The normalized spacial score (nSPS) is 11.0. The van der Waals surface area contributed by atoms with Gasteiger partial charge in [-0.2, -0.15) is 5.10 Å². The predicted octanol–water partition coefficient (Wildman–Crippen LogP) is 4.71. The number of benzene rings is 2. The number of nitrogens with one attached hydrogen (secondary N) is 1. The first-order valence-electron chi connectivity index (χ1n) is 9.70. The lowest BCUT2D eigenvalue weighted by atomic mass is 10.1. The molecule has 0 aliphatic heterocycles. The van der Waals surface area contributed by atoms with Crippen molar-refractivity contribution >= 4 is 0 Å². The maximum absolute atomic E-state index is 13.4. The van der Waals surface area contributed by atoms with Crippen LogP contribution in [0.25, 0.3) is 16.9 Å². The molecule has 2 aromatic heterocycles. The van der Waals surface area contributed by atoms with E-state index in [1.54, 1.807) is 12.1 Å². The first-order chi connectivity index (χ1) is 14.2. The molecule has 1 N–H and O–H groups in total. The third-order valence-corrected chi connectivity index (χ3v) is 4.86. The lowest BCUT2D eigenvalue weighted by Crippen LogP contribution is -2.16. The second kappa shape index (κ2) is 8.80. The van der Waals surface area contributed by atoms with E-state index in [0.717, 1.165) is 35.5 Å². The van der Waals surface area contributed by atoms with Crippen LogP contribution in [-0.2, 0) is 13.0 Å². The van der Waals surface area contributed by atoms with Gasteiger partial charge in [-0.1, -0.05) is 17.7 Å². The third-order valence-electron chi connectivity index (χ3n) is 4.86. The van der Waals surface area contributed by atoms with E-state index < -0.39 is 0 Å². The van der Waals surface area contributed by atoms with E-state index in [-0.39, 0.29) is 5.82 Å². The van der Waals surface area contributed by atoms with Crippen LogP contribution >= 0.6 is 0 Å². The van der Waals surface area contributed by atoms with Crippen LogP contribution in [0.1, 0.15) is 16.7 Å². The van der Waals surface area contributed by atoms with E-state index in [1.807, 2.05) is 35.4 Å². The molecule has 0 spiro atoms. The molecule has 5 heteroatoms. The zero-order valence-corrected chi connectivity index (χ0v) is 16.3. The van der Waals surface area contributed by atoms with Crippen molar-refractivity contribution in [2.24, 2.45) is 0 Å². The third kappa shape index (κ3) is 4.76. The summed E-state index contributed by atoms with van der Waals surface area (Å²) in [6.07, 6.45) is 6.60. The van der Waals surface area contributed by atoms with Crippen molar-refractivity contribution in [1.82, 2.24) is 20.1 Å². The summed E-state index contributed by atoms with van der Waals surface area (Å²) in [5, 5.41) is 8.29. The van der Waals surface area contributed by atoms with Gasteiger partial charge in [0, 0.05) is 36.3 Å². The maximum Gasteiger partial charge on any atom is 0.123 e. The summed E-state index contributed by atoms with van der Waals surface area (Å²) in [4.78, 5) is 4.05. The van der Waals surface area contributed by atoms with Crippen LogP contribution in [0.5, 0.6) is 0 Å². The first-order valence-corrected chi connectivity index (χ1v) is 9.70. The monoisotopic (exact) mass is 386 g/mol. The minimum atomic E-state index is -0.247. The summed E-state index contributed by atoms with van der Waals surface area (Å²) < 4.78 is 15.3. The molecule has 29 heavy (non-hydrogen) atoms. The SMILES string of the molecule is Cc1ccc(-n2cc(CNCCc3ccncc3)c(-c3ccc(F)cc3)n2)cc1. The molecule has 146 valence electrons. The van der Waals surface area contributed by atoms with Crippen LogP contribution in [0.3, 0.4) is 0 Å². The van der Waals surface area contributed by atoms with E-state index in [2.05, 4.69) is 41.5 Å². The highest BCUT2D eigenvalue weighted by molar-refractivity contribution is 5.63. The van der Waals surface area contributed by atoms with Crippen LogP contribution in [0.2, 0.25) is 0 Å². The van der Waals surface area contributed by atoms with Crippen molar-refractivity contribution in [1.29, 1.82) is 0 Å². The number of aryl methyl sites for hydroxylation is 1. The van der Waals surface area contributed by atoms with Gasteiger partial charge in [0.2, 0.25) is 0 Å². The van der Waals surface area contributed by atoms with E-state index in [4.69, 9.17) is 5.10 Å². The Labute approximate surface area is 170 Å². The Kier molecular flexibility index (Phi) is 5.77. The molecular weight excluding hydrogens is 363 g/mol. The second-order valence-corrected chi connectivity index (χ2v) is 7.07. The van der Waals surface area contributed by atoms with Crippen LogP contribution in [0.15, 0.2) is 79.3 Å². The molecule has 0 radical (unpaired) electrons. The Morgan fingerprint density at radius 3 is 2.38 bits per heavy atom. The molecule has 0 bridgehead atoms. The quantitative estimate of drug-likeness (QED) is 0.468. The lowest BCUT2D eigenvalue weighted by molar-refractivity contribution is 0.628. The molecule has 2 heterocycles. The fraction of sp³-hybridized carbons (Fsp3) is 0.167. The average molecular weight is 386 g/mol. The Hall–Kier alpha value is -3.31. The molecule has 0 atom stereocenters. The minimum Gasteiger partial charge on any atom is -0.312 e. The van der Waals surface area contributed by atoms with Crippen LogP contribution in [0.4, 0.5) is 4.39 Å². The lowest BCUT2D eigenvalue weighted by Gasteiger charge is -2.05. The standard InChI is InChI=1S/C24H23FN4/c1-18-2-8-23(9-3-18)29-17-21(16-27-15-12-19-10-13-26-14-11-19)24(28-29)20-4-6-22(25)7-5-20/h2-11,13-14,17,27H,12,15-16H2,1H3. The van der Waals surface area contributed by atoms with E-state index in [1.165, 1.54) is 23.3 Å². The molecule has 4 aromatic rings. The largest absolute Gasteiger partial charge is 0.312 e. The fourth-order valence-electron chi connectivity index (χ4n) is 3.22. The van der Waals surface area contributed by atoms with Gasteiger partial charge in [-0.15, -0.1) is 0 Å². The van der Waals surface area contributed by atoms with E-state index >= 15 is 0 Å². The summed E-state index contributed by atoms with van der Waals surface area (Å²) in [7, 11) is 0. The molecule has 0 saturated heterocycles. The van der Waals surface area contributed by atoms with Gasteiger partial charge in [0.25, 0.3) is 0 Å². The van der Waals surface area contributed by atoms with Crippen molar-refractivity contribution in [3.8, 4) is 16.9 Å². The molecule has 4 nitrogen and oxygen atoms in total. The van der Waals surface area contributed by atoms with Crippen molar-refractivity contribution in [3.05, 3.63) is 102 Å².